The summed E-state index contributed by atoms with van der Waals surface area (Å²) in [6.07, 6.45) is 9.61. The lowest BCUT2D eigenvalue weighted by Gasteiger charge is -2.16. The first kappa shape index (κ1) is 32.6. The molecule has 0 radical (unpaired) electrons. The van der Waals surface area contributed by atoms with Gasteiger partial charge >= 0.3 is 11.9 Å². The van der Waals surface area contributed by atoms with Crippen molar-refractivity contribution in [3.63, 3.8) is 0 Å². The fourth-order valence-corrected chi connectivity index (χ4v) is 5.08. The van der Waals surface area contributed by atoms with Crippen molar-refractivity contribution in [3.05, 3.63) is 120 Å². The molecule has 4 aromatic carbocycles. The third kappa shape index (κ3) is 10.2. The molecule has 6 heteroatoms. The number of hydrogen-bond acceptors (Lipinski definition) is 6. The number of carbonyl (C=O) groups is 2. The van der Waals surface area contributed by atoms with Gasteiger partial charge in [-0.1, -0.05) is 155 Å². The van der Waals surface area contributed by atoms with Crippen LogP contribution in [0.3, 0.4) is 0 Å². The van der Waals surface area contributed by atoms with E-state index in [1.807, 2.05) is 84.9 Å². The highest BCUT2D eigenvalue weighted by atomic mass is 17.3. The van der Waals surface area contributed by atoms with Crippen LogP contribution < -0.4 is 0 Å². The van der Waals surface area contributed by atoms with Crippen molar-refractivity contribution in [3.8, 4) is 22.3 Å². The number of unbranched alkanes of at least 4 members (excludes halogenated alkanes) is 8. The molecule has 4 aromatic rings. The minimum atomic E-state index is -1.08. The van der Waals surface area contributed by atoms with Gasteiger partial charge in [0.2, 0.25) is 6.29 Å². The van der Waals surface area contributed by atoms with Gasteiger partial charge in [-0.3, -0.25) is 9.78 Å². The molecule has 0 aromatic heterocycles. The van der Waals surface area contributed by atoms with E-state index in [-0.39, 0.29) is 0 Å². The Morgan fingerprint density at radius 2 is 0.886 bits per heavy atom. The molecule has 0 amide bonds. The number of rotatable bonds is 18. The van der Waals surface area contributed by atoms with Crippen LogP contribution in [0.2, 0.25) is 0 Å². The van der Waals surface area contributed by atoms with Gasteiger partial charge in [-0.25, -0.2) is 9.59 Å². The predicted molar refractivity (Wildman–Crippen MR) is 172 cm³/mol. The maximum atomic E-state index is 13.1. The minimum absolute atomic E-state index is 0.356. The smallest absolute Gasteiger partial charge is 0.290 e. The highest BCUT2D eigenvalue weighted by Crippen LogP contribution is 2.26. The molecule has 0 atom stereocenters. The molecule has 0 N–H and O–H groups in total. The molecule has 0 spiro atoms. The number of carbonyl (C=O) groups excluding carboxylic acids is 2. The van der Waals surface area contributed by atoms with Crippen molar-refractivity contribution in [2.45, 2.75) is 77.4 Å². The van der Waals surface area contributed by atoms with Crippen molar-refractivity contribution in [1.29, 1.82) is 0 Å². The Hall–Kier alpha value is -4.26. The second kappa shape index (κ2) is 18.4. The second-order valence-corrected chi connectivity index (χ2v) is 10.8. The van der Waals surface area contributed by atoms with Crippen molar-refractivity contribution in [2.75, 3.05) is 0 Å². The molecule has 44 heavy (non-hydrogen) atoms. The maximum Gasteiger partial charge on any atom is 0.373 e. The molecule has 0 saturated carbocycles. The Kier molecular flexibility index (Phi) is 13.7. The van der Waals surface area contributed by atoms with E-state index in [4.69, 9.17) is 19.6 Å². The summed E-state index contributed by atoms with van der Waals surface area (Å²) in [5.74, 6) is -1.32. The van der Waals surface area contributed by atoms with E-state index in [1.54, 1.807) is 24.3 Å². The zero-order chi connectivity index (χ0) is 30.8. The van der Waals surface area contributed by atoms with Crippen molar-refractivity contribution in [1.82, 2.24) is 0 Å². The average Bonchev–Trinajstić information content (AvgIpc) is 3.08. The zero-order valence-corrected chi connectivity index (χ0v) is 25.5. The first-order valence-corrected chi connectivity index (χ1v) is 15.7. The lowest BCUT2D eigenvalue weighted by molar-refractivity contribution is -0.421. The topological polar surface area (TPSA) is 71.1 Å². The molecule has 0 aliphatic heterocycles. The van der Waals surface area contributed by atoms with Gasteiger partial charge in [0.15, 0.2) is 0 Å². The van der Waals surface area contributed by atoms with Crippen LogP contribution in [0.1, 0.15) is 91.8 Å². The molecule has 0 aliphatic carbocycles. The largest absolute Gasteiger partial charge is 0.373 e. The van der Waals surface area contributed by atoms with Gasteiger partial charge in [0.25, 0.3) is 0 Å². The Bertz CT molecular complexity index is 1320. The van der Waals surface area contributed by atoms with Gasteiger partial charge in [0, 0.05) is 6.42 Å². The molecule has 0 fully saturated rings. The summed E-state index contributed by atoms with van der Waals surface area (Å²) in [7, 11) is 0. The van der Waals surface area contributed by atoms with Crippen LogP contribution in [-0.2, 0) is 19.6 Å². The lowest BCUT2D eigenvalue weighted by atomic mass is 10.00. The van der Waals surface area contributed by atoms with E-state index in [2.05, 4.69) is 6.92 Å². The second-order valence-electron chi connectivity index (χ2n) is 10.8. The van der Waals surface area contributed by atoms with Crippen LogP contribution in [0.25, 0.3) is 22.3 Å². The highest BCUT2D eigenvalue weighted by Gasteiger charge is 2.22. The van der Waals surface area contributed by atoms with Crippen LogP contribution in [0.4, 0.5) is 0 Å². The molecular weight excluding hydrogens is 552 g/mol. The van der Waals surface area contributed by atoms with E-state index in [1.165, 1.54) is 38.5 Å². The van der Waals surface area contributed by atoms with E-state index < -0.39 is 18.2 Å². The summed E-state index contributed by atoms with van der Waals surface area (Å²) < 4.78 is 0. The van der Waals surface area contributed by atoms with Crippen LogP contribution in [0.5, 0.6) is 0 Å². The Morgan fingerprint density at radius 1 is 0.500 bits per heavy atom. The van der Waals surface area contributed by atoms with Gasteiger partial charge in [-0.05, 0) is 40.8 Å². The van der Waals surface area contributed by atoms with Gasteiger partial charge in [-0.15, -0.1) is 9.78 Å². The zero-order valence-electron chi connectivity index (χ0n) is 25.5. The van der Waals surface area contributed by atoms with Crippen LogP contribution >= 0.6 is 0 Å². The van der Waals surface area contributed by atoms with Gasteiger partial charge in [0.05, 0.1) is 11.1 Å². The van der Waals surface area contributed by atoms with E-state index in [0.717, 1.165) is 41.5 Å². The molecule has 0 heterocycles. The average molecular weight is 595 g/mol. The number of benzene rings is 4. The Balaban J connectivity index is 1.37. The third-order valence-corrected chi connectivity index (χ3v) is 7.47. The van der Waals surface area contributed by atoms with Crippen LogP contribution in [0.15, 0.2) is 109 Å². The van der Waals surface area contributed by atoms with Crippen molar-refractivity contribution in [2.24, 2.45) is 0 Å². The summed E-state index contributed by atoms with van der Waals surface area (Å²) in [6.45, 7) is 2.22. The molecular formula is C38H42O6. The fraction of sp³-hybridized carbons (Fsp3) is 0.316. The van der Waals surface area contributed by atoms with Crippen LogP contribution in [0, 0.1) is 0 Å². The molecule has 0 aliphatic rings. The van der Waals surface area contributed by atoms with Gasteiger partial charge in [-0.2, -0.15) is 0 Å². The van der Waals surface area contributed by atoms with Gasteiger partial charge in [0.1, 0.15) is 0 Å². The summed E-state index contributed by atoms with van der Waals surface area (Å²) in [5, 5.41) is 0. The molecule has 4 rings (SSSR count). The summed E-state index contributed by atoms with van der Waals surface area (Å²) in [5.41, 5.74) is 3.93. The first-order valence-electron chi connectivity index (χ1n) is 15.7. The lowest BCUT2D eigenvalue weighted by Crippen LogP contribution is -2.22. The van der Waals surface area contributed by atoms with Crippen LogP contribution in [-0.4, -0.2) is 18.2 Å². The summed E-state index contributed by atoms with van der Waals surface area (Å²) in [6, 6.07) is 33.5. The molecule has 6 nitrogen and oxygen atoms in total. The van der Waals surface area contributed by atoms with E-state index in [0.29, 0.717) is 17.5 Å². The standard InChI is InChI=1S/C38H42O6/c1-2-3-4-5-6-7-8-9-16-29-36(41-43-37(39)34-27-19-17-25-32(34)30-21-12-10-13-22-30)42-44-38(40)35-28-20-18-26-33(35)31-23-14-11-15-24-31/h10-15,17-28,36H,2-9,16,29H2,1H3. The Morgan fingerprint density at radius 3 is 1.34 bits per heavy atom. The quantitative estimate of drug-likeness (QED) is 0.0494. The van der Waals surface area contributed by atoms with E-state index in [9.17, 15) is 9.59 Å². The predicted octanol–water partition coefficient (Wildman–Crippen LogP) is 10.1. The summed E-state index contributed by atoms with van der Waals surface area (Å²) >= 11 is 0. The summed E-state index contributed by atoms with van der Waals surface area (Å²) in [4.78, 5) is 47.7. The van der Waals surface area contributed by atoms with Gasteiger partial charge < -0.3 is 0 Å². The molecule has 230 valence electrons. The first-order chi connectivity index (χ1) is 21.7. The molecule has 0 unspecified atom stereocenters. The Labute approximate surface area is 260 Å². The normalized spacial score (nSPS) is 11.0. The highest BCUT2D eigenvalue weighted by molar-refractivity contribution is 5.97. The SMILES string of the molecule is CCCCCCCCCCCC(OOC(=O)c1ccccc1-c1ccccc1)OOC(=O)c1ccccc1-c1ccccc1. The van der Waals surface area contributed by atoms with E-state index >= 15 is 0 Å². The van der Waals surface area contributed by atoms with Crippen molar-refractivity contribution >= 4 is 11.9 Å². The number of hydrogen-bond donors (Lipinski definition) is 0. The third-order valence-electron chi connectivity index (χ3n) is 7.47. The minimum Gasteiger partial charge on any atom is -0.290 e. The maximum absolute atomic E-state index is 13.1. The fourth-order valence-electron chi connectivity index (χ4n) is 5.08. The van der Waals surface area contributed by atoms with Crippen molar-refractivity contribution < 1.29 is 29.1 Å². The molecule has 0 saturated heterocycles. The molecule has 0 bridgehead atoms. The monoisotopic (exact) mass is 594 g/mol.